The highest BCUT2D eigenvalue weighted by atomic mass is 19.5. The monoisotopic (exact) mass is 461 g/mol. The Morgan fingerprint density at radius 1 is 0.559 bits per heavy atom. The third-order valence-electron chi connectivity index (χ3n) is 4.66. The van der Waals surface area contributed by atoms with Crippen molar-refractivity contribution in [1.82, 2.24) is 0 Å². The second-order valence-corrected chi connectivity index (χ2v) is 7.12. The lowest BCUT2D eigenvalue weighted by Gasteiger charge is -2.25. The topological polar surface area (TPSA) is 31.4 Å². The van der Waals surface area contributed by atoms with E-state index >= 15 is 0 Å². The van der Waals surface area contributed by atoms with E-state index in [-0.39, 0.29) is 0 Å². The van der Waals surface area contributed by atoms with Crippen LogP contribution in [0.5, 0.6) is 0 Å². The Kier molecular flexibility index (Phi) is 8.19. The van der Waals surface area contributed by atoms with Crippen LogP contribution in [0.15, 0.2) is 109 Å². The highest BCUT2D eigenvalue weighted by Crippen LogP contribution is 2.34. The number of rotatable bonds is 5. The predicted molar refractivity (Wildman–Crippen MR) is 131 cm³/mol. The van der Waals surface area contributed by atoms with E-state index in [9.17, 15) is 17.3 Å². The lowest BCUT2D eigenvalue weighted by molar-refractivity contribution is 0.368. The number of hydrogen-bond acceptors (Lipinski definition) is 2. The Balaban J connectivity index is 0.000000588. The third kappa shape index (κ3) is 7.64. The molecule has 0 aromatic heterocycles. The van der Waals surface area contributed by atoms with Gasteiger partial charge in [-0.05, 0) is 59.7 Å². The molecule has 0 spiro atoms. The average molecular weight is 461 g/mol. The molecular formula is C26H20BF4N3. The van der Waals surface area contributed by atoms with Gasteiger partial charge in [-0.15, -0.1) is 0 Å². The van der Waals surface area contributed by atoms with Crippen molar-refractivity contribution in [2.75, 3.05) is 4.90 Å². The van der Waals surface area contributed by atoms with E-state index < -0.39 is 7.25 Å². The fourth-order valence-electron chi connectivity index (χ4n) is 3.18. The van der Waals surface area contributed by atoms with Crippen LogP contribution < -0.4 is 4.90 Å². The van der Waals surface area contributed by atoms with Crippen LogP contribution in [-0.4, -0.2) is 7.25 Å². The molecule has 0 N–H and O–H groups in total. The van der Waals surface area contributed by atoms with Crippen molar-refractivity contribution in [3.05, 3.63) is 125 Å². The molecule has 0 aliphatic carbocycles. The quantitative estimate of drug-likeness (QED) is 0.128. The summed E-state index contributed by atoms with van der Waals surface area (Å²) in [5, 5.41) is 8.77. The van der Waals surface area contributed by atoms with Crippen LogP contribution in [0.3, 0.4) is 0 Å². The Morgan fingerprint density at radius 3 is 1.29 bits per heavy atom. The summed E-state index contributed by atoms with van der Waals surface area (Å²) in [6, 6.07) is 36.6. The van der Waals surface area contributed by atoms with Crippen LogP contribution in [0.2, 0.25) is 0 Å². The van der Waals surface area contributed by atoms with Crippen molar-refractivity contribution in [1.29, 1.82) is 5.39 Å². The Bertz CT molecular complexity index is 1190. The Labute approximate surface area is 195 Å². The van der Waals surface area contributed by atoms with Crippen LogP contribution in [0.1, 0.15) is 11.1 Å². The zero-order valence-corrected chi connectivity index (χ0v) is 18.0. The number of nitrogens with zero attached hydrogens (tertiary/aromatic N) is 3. The molecule has 170 valence electrons. The summed E-state index contributed by atoms with van der Waals surface area (Å²) >= 11 is 0. The van der Waals surface area contributed by atoms with E-state index in [1.807, 2.05) is 30.3 Å². The SMILES string of the molecule is F[B-](F)(F)F.N#[N+]c1ccc(/C=C/c2ccc(N(c3ccccc3)c3ccccc3)cc2)cc1. The molecule has 0 unspecified atom stereocenters. The fourth-order valence-corrected chi connectivity index (χ4v) is 3.18. The largest absolute Gasteiger partial charge is 0.673 e. The molecule has 3 nitrogen and oxygen atoms in total. The molecule has 0 fully saturated rings. The molecule has 0 amide bonds. The summed E-state index contributed by atoms with van der Waals surface area (Å²) in [4.78, 5) is 5.42. The number of hydrogen-bond donors (Lipinski definition) is 0. The molecule has 4 rings (SSSR count). The summed E-state index contributed by atoms with van der Waals surface area (Å²) < 4.78 is 39.0. The molecule has 0 aliphatic rings. The van der Waals surface area contributed by atoms with Gasteiger partial charge in [0.1, 0.15) is 0 Å². The zero-order valence-electron chi connectivity index (χ0n) is 18.0. The summed E-state index contributed by atoms with van der Waals surface area (Å²) in [6.45, 7) is 0. The summed E-state index contributed by atoms with van der Waals surface area (Å²) in [7, 11) is -6.00. The first-order valence-electron chi connectivity index (χ1n) is 10.3. The standard InChI is InChI=1S/C26H20N3.BF4/c27-28-23-17-13-21(14-18-23)11-12-22-15-19-26(20-16-22)29(24-7-3-1-4-8-24)25-9-5-2-6-10-25;2-1(3,4)5/h1-20H;/q+1;-1/b12-11+;. The van der Waals surface area contributed by atoms with Gasteiger partial charge in [-0.25, -0.2) is 0 Å². The van der Waals surface area contributed by atoms with Gasteiger partial charge in [0.2, 0.25) is 5.39 Å². The van der Waals surface area contributed by atoms with Gasteiger partial charge >= 0.3 is 12.9 Å². The fraction of sp³-hybridized carbons (Fsp3) is 0. The maximum Gasteiger partial charge on any atom is 0.673 e. The van der Waals surface area contributed by atoms with Gasteiger partial charge in [-0.1, -0.05) is 60.7 Å². The molecule has 0 saturated carbocycles. The molecular weight excluding hydrogens is 441 g/mol. The third-order valence-corrected chi connectivity index (χ3v) is 4.66. The molecule has 4 aromatic carbocycles. The van der Waals surface area contributed by atoms with Crippen molar-refractivity contribution in [3.8, 4) is 0 Å². The number of diazo groups is 1. The average Bonchev–Trinajstić information content (AvgIpc) is 2.84. The molecule has 8 heteroatoms. The van der Waals surface area contributed by atoms with Crippen molar-refractivity contribution in [2.45, 2.75) is 0 Å². The first-order valence-corrected chi connectivity index (χ1v) is 10.3. The predicted octanol–water partition coefficient (Wildman–Crippen LogP) is 9.11. The second kappa shape index (κ2) is 11.5. The highest BCUT2D eigenvalue weighted by Gasteiger charge is 2.20. The van der Waals surface area contributed by atoms with E-state index in [1.165, 1.54) is 0 Å². The lowest BCUT2D eigenvalue weighted by Crippen LogP contribution is -2.09. The van der Waals surface area contributed by atoms with E-state index in [1.54, 1.807) is 12.1 Å². The molecule has 0 heterocycles. The smallest absolute Gasteiger partial charge is 0.418 e. The maximum atomic E-state index is 9.75. The van der Waals surface area contributed by atoms with Gasteiger partial charge in [-0.2, -0.15) is 0 Å². The minimum Gasteiger partial charge on any atom is -0.418 e. The Morgan fingerprint density at radius 2 is 0.912 bits per heavy atom. The van der Waals surface area contributed by atoms with E-state index in [4.69, 9.17) is 5.39 Å². The van der Waals surface area contributed by atoms with Gasteiger partial charge < -0.3 is 22.2 Å². The Hall–Kier alpha value is -4.38. The molecule has 0 radical (unpaired) electrons. The number of para-hydroxylation sites is 2. The van der Waals surface area contributed by atoms with Crippen LogP contribution in [0.25, 0.3) is 17.1 Å². The van der Waals surface area contributed by atoms with Crippen LogP contribution in [0.4, 0.5) is 40.0 Å². The minimum atomic E-state index is -6.00. The first kappa shape index (κ1) is 24.3. The molecule has 4 aromatic rings. The number of benzene rings is 4. The van der Waals surface area contributed by atoms with Gasteiger partial charge in [0.15, 0.2) is 4.98 Å². The molecule has 0 saturated heterocycles. The number of halogens is 4. The van der Waals surface area contributed by atoms with Gasteiger partial charge in [0, 0.05) is 29.2 Å². The first-order chi connectivity index (χ1) is 16.3. The summed E-state index contributed by atoms with van der Waals surface area (Å²) in [6.07, 6.45) is 4.12. The van der Waals surface area contributed by atoms with Crippen molar-refractivity contribution in [2.24, 2.45) is 0 Å². The van der Waals surface area contributed by atoms with Gasteiger partial charge in [0.05, 0.1) is 0 Å². The molecule has 0 aliphatic heterocycles. The van der Waals surface area contributed by atoms with Crippen LogP contribution >= 0.6 is 0 Å². The maximum absolute atomic E-state index is 9.75. The molecule has 34 heavy (non-hydrogen) atoms. The molecule has 0 bridgehead atoms. The normalized spacial score (nSPS) is 10.8. The van der Waals surface area contributed by atoms with Crippen LogP contribution in [-0.2, 0) is 0 Å². The van der Waals surface area contributed by atoms with Gasteiger partial charge in [-0.3, -0.25) is 0 Å². The van der Waals surface area contributed by atoms with Crippen LogP contribution in [0, 0.1) is 5.39 Å². The second-order valence-electron chi connectivity index (χ2n) is 7.12. The molecule has 0 atom stereocenters. The number of anilines is 3. The van der Waals surface area contributed by atoms with E-state index in [2.05, 4.69) is 88.7 Å². The van der Waals surface area contributed by atoms with Gasteiger partial charge in [0.25, 0.3) is 0 Å². The lowest BCUT2D eigenvalue weighted by atomic mass is 10.1. The summed E-state index contributed by atoms with van der Waals surface area (Å²) in [5.41, 5.74) is 6.07. The minimum absolute atomic E-state index is 0.549. The highest BCUT2D eigenvalue weighted by molar-refractivity contribution is 6.50. The van der Waals surface area contributed by atoms with Crippen molar-refractivity contribution in [3.63, 3.8) is 0 Å². The summed E-state index contributed by atoms with van der Waals surface area (Å²) in [5.74, 6) is 0. The van der Waals surface area contributed by atoms with E-state index in [0.717, 1.165) is 28.2 Å². The van der Waals surface area contributed by atoms with Crippen molar-refractivity contribution >= 4 is 42.2 Å². The zero-order chi connectivity index (χ0) is 24.4. The van der Waals surface area contributed by atoms with Crippen molar-refractivity contribution < 1.29 is 17.3 Å². The van der Waals surface area contributed by atoms with E-state index in [0.29, 0.717) is 5.69 Å².